The van der Waals surface area contributed by atoms with Gasteiger partial charge in [0.2, 0.25) is 0 Å². The molecule has 2 heteroatoms. The molecule has 2 nitrogen and oxygen atoms in total. The molecule has 0 amide bonds. The summed E-state index contributed by atoms with van der Waals surface area (Å²) in [7, 11) is 0. The lowest BCUT2D eigenvalue weighted by molar-refractivity contribution is 1.37. The van der Waals surface area contributed by atoms with Gasteiger partial charge < -0.3 is 0 Å². The van der Waals surface area contributed by atoms with E-state index in [0.717, 1.165) is 32.9 Å². The van der Waals surface area contributed by atoms with E-state index < -0.39 is 0 Å². The molecule has 2 heterocycles. The highest BCUT2D eigenvalue weighted by Gasteiger charge is 2.08. The number of rotatable bonds is 2. The van der Waals surface area contributed by atoms with Crippen molar-refractivity contribution < 1.29 is 0 Å². The maximum atomic E-state index is 4.78. The highest BCUT2D eigenvalue weighted by atomic mass is 14.7. The first-order valence-corrected chi connectivity index (χ1v) is 12.9. The summed E-state index contributed by atoms with van der Waals surface area (Å²) in [5.41, 5.74) is 6.58. The third-order valence-electron chi connectivity index (χ3n) is 7.68. The van der Waals surface area contributed by atoms with Crippen LogP contribution in [0.3, 0.4) is 0 Å². The molecule has 0 radical (unpaired) electrons. The zero-order valence-corrected chi connectivity index (χ0v) is 20.6. The van der Waals surface area contributed by atoms with Crippen LogP contribution in [0, 0.1) is 0 Å². The van der Waals surface area contributed by atoms with Crippen LogP contribution < -0.4 is 0 Å². The average Bonchev–Trinajstić information content (AvgIpc) is 2.99. The molecule has 8 aromatic rings. The van der Waals surface area contributed by atoms with Crippen LogP contribution in [-0.4, -0.2) is 9.97 Å². The highest BCUT2D eigenvalue weighted by molar-refractivity contribution is 6.12. The summed E-state index contributed by atoms with van der Waals surface area (Å²) in [4.78, 5) is 9.33. The summed E-state index contributed by atoms with van der Waals surface area (Å²) < 4.78 is 0. The molecule has 8 rings (SSSR count). The predicted octanol–water partition coefficient (Wildman–Crippen LogP) is 9.58. The van der Waals surface area contributed by atoms with Crippen LogP contribution in [0.1, 0.15) is 0 Å². The Kier molecular flexibility index (Phi) is 4.55. The number of hydrogen-bond acceptors (Lipinski definition) is 2. The fourth-order valence-electron chi connectivity index (χ4n) is 5.68. The third-order valence-corrected chi connectivity index (χ3v) is 7.68. The Balaban J connectivity index is 1.16. The topological polar surface area (TPSA) is 25.8 Å². The van der Waals surface area contributed by atoms with Crippen molar-refractivity contribution in [2.75, 3.05) is 0 Å². The van der Waals surface area contributed by atoms with Crippen molar-refractivity contribution >= 4 is 54.1 Å². The lowest BCUT2D eigenvalue weighted by Crippen LogP contribution is -1.87. The van der Waals surface area contributed by atoms with Gasteiger partial charge in [-0.05, 0) is 79.3 Å². The molecule has 6 aromatic carbocycles. The highest BCUT2D eigenvalue weighted by Crippen LogP contribution is 2.33. The second kappa shape index (κ2) is 8.22. The number of benzene rings is 6. The first-order chi connectivity index (χ1) is 18.8. The van der Waals surface area contributed by atoms with Crippen molar-refractivity contribution in [3.63, 3.8) is 0 Å². The van der Waals surface area contributed by atoms with Gasteiger partial charge in [0, 0.05) is 28.7 Å². The van der Waals surface area contributed by atoms with Crippen molar-refractivity contribution in [2.24, 2.45) is 0 Å². The molecule has 0 saturated carbocycles. The summed E-state index contributed by atoms with van der Waals surface area (Å²) in [6.45, 7) is 0. The molecule has 0 aliphatic carbocycles. The fraction of sp³-hybridized carbons (Fsp3) is 0. The maximum absolute atomic E-state index is 4.78. The number of fused-ring (bicyclic) bond motifs is 7. The summed E-state index contributed by atoms with van der Waals surface area (Å²) in [5, 5.41) is 9.90. The van der Waals surface area contributed by atoms with Gasteiger partial charge in [-0.2, -0.15) is 0 Å². The Hall–Kier alpha value is -5.08. The van der Waals surface area contributed by atoms with Gasteiger partial charge in [-0.3, -0.25) is 9.97 Å². The van der Waals surface area contributed by atoms with Gasteiger partial charge in [0.1, 0.15) is 0 Å². The Labute approximate surface area is 219 Å². The van der Waals surface area contributed by atoms with Crippen LogP contribution >= 0.6 is 0 Å². The molecule has 2 aromatic heterocycles. The van der Waals surface area contributed by atoms with E-state index >= 15 is 0 Å². The van der Waals surface area contributed by atoms with E-state index in [2.05, 4.69) is 120 Å². The van der Waals surface area contributed by atoms with Crippen LogP contribution in [-0.2, 0) is 0 Å². The van der Waals surface area contributed by atoms with Gasteiger partial charge in [0.15, 0.2) is 0 Å². The van der Waals surface area contributed by atoms with Crippen LogP contribution in [0.4, 0.5) is 0 Å². The minimum absolute atomic E-state index is 0.945. The monoisotopic (exact) mass is 482 g/mol. The van der Waals surface area contributed by atoms with E-state index in [4.69, 9.17) is 4.98 Å². The van der Waals surface area contributed by atoms with E-state index in [0.29, 0.717) is 0 Å². The first-order valence-electron chi connectivity index (χ1n) is 12.9. The first kappa shape index (κ1) is 21.0. The van der Waals surface area contributed by atoms with Crippen LogP contribution in [0.5, 0.6) is 0 Å². The molecule has 0 fully saturated rings. The average molecular weight is 483 g/mol. The van der Waals surface area contributed by atoms with Crippen LogP contribution in [0.15, 0.2) is 134 Å². The van der Waals surface area contributed by atoms with E-state index in [1.165, 1.54) is 43.4 Å². The zero-order chi connectivity index (χ0) is 25.1. The molecule has 38 heavy (non-hydrogen) atoms. The summed E-state index contributed by atoms with van der Waals surface area (Å²) in [6.07, 6.45) is 3.78. The number of nitrogens with zero attached hydrogens (tertiary/aromatic N) is 2. The van der Waals surface area contributed by atoms with Gasteiger partial charge in [-0.25, -0.2) is 0 Å². The van der Waals surface area contributed by atoms with Gasteiger partial charge >= 0.3 is 0 Å². The molecule has 0 atom stereocenters. The SMILES string of the molecule is c1ccc2cc3c(ccc4cc(-c5ccc(-c6cnc7c(ccc8cccnc87)c6)cc5)ccc43)cc2c1. The van der Waals surface area contributed by atoms with E-state index in [1.807, 2.05) is 18.5 Å². The van der Waals surface area contributed by atoms with Crippen molar-refractivity contribution in [1.29, 1.82) is 0 Å². The summed E-state index contributed by atoms with van der Waals surface area (Å²) in [5.74, 6) is 0. The van der Waals surface area contributed by atoms with Crippen molar-refractivity contribution in [1.82, 2.24) is 9.97 Å². The molecular formula is C36H22N2. The molecular weight excluding hydrogens is 460 g/mol. The van der Waals surface area contributed by atoms with Crippen LogP contribution in [0.2, 0.25) is 0 Å². The van der Waals surface area contributed by atoms with Crippen molar-refractivity contribution in [3.05, 3.63) is 134 Å². The smallest absolute Gasteiger partial charge is 0.0964 e. The summed E-state index contributed by atoms with van der Waals surface area (Å²) in [6, 6.07) is 43.7. The molecule has 0 aliphatic rings. The second-order valence-corrected chi connectivity index (χ2v) is 9.94. The van der Waals surface area contributed by atoms with Crippen LogP contribution in [0.25, 0.3) is 76.4 Å². The van der Waals surface area contributed by atoms with Crippen molar-refractivity contribution in [2.45, 2.75) is 0 Å². The third kappa shape index (κ3) is 3.35. The normalized spacial score (nSPS) is 11.7. The van der Waals surface area contributed by atoms with Gasteiger partial charge in [-0.15, -0.1) is 0 Å². The van der Waals surface area contributed by atoms with Gasteiger partial charge in [0.25, 0.3) is 0 Å². The minimum Gasteiger partial charge on any atom is -0.254 e. The van der Waals surface area contributed by atoms with Gasteiger partial charge in [0.05, 0.1) is 11.0 Å². The largest absolute Gasteiger partial charge is 0.254 e. The molecule has 0 unspecified atom stereocenters. The zero-order valence-electron chi connectivity index (χ0n) is 20.6. The molecule has 0 spiro atoms. The molecule has 0 bridgehead atoms. The minimum atomic E-state index is 0.945. The fourth-order valence-corrected chi connectivity index (χ4v) is 5.68. The number of pyridine rings is 2. The number of aromatic nitrogens is 2. The quantitative estimate of drug-likeness (QED) is 0.181. The summed E-state index contributed by atoms with van der Waals surface area (Å²) >= 11 is 0. The Morgan fingerprint density at radius 1 is 0.342 bits per heavy atom. The maximum Gasteiger partial charge on any atom is 0.0964 e. The van der Waals surface area contributed by atoms with Gasteiger partial charge in [-0.1, -0.05) is 91.0 Å². The Morgan fingerprint density at radius 2 is 0.947 bits per heavy atom. The standard InChI is InChI=1S/C36H22N2/c1-2-5-27-21-34-30(18-26(27)4-1)13-12-29-19-28(15-16-33(29)34)23-7-9-24(10-8-23)32-20-31-14-11-25-6-3-17-37-35(25)36(31)38-22-32/h1-22H. The van der Waals surface area contributed by atoms with E-state index in [-0.39, 0.29) is 0 Å². The van der Waals surface area contributed by atoms with E-state index in [9.17, 15) is 0 Å². The van der Waals surface area contributed by atoms with E-state index in [1.54, 1.807) is 0 Å². The predicted molar refractivity (Wildman–Crippen MR) is 160 cm³/mol. The molecule has 0 aliphatic heterocycles. The van der Waals surface area contributed by atoms with Crippen molar-refractivity contribution in [3.8, 4) is 22.3 Å². The Morgan fingerprint density at radius 3 is 1.79 bits per heavy atom. The lowest BCUT2D eigenvalue weighted by atomic mass is 9.95. The second-order valence-electron chi connectivity index (χ2n) is 9.94. The number of hydrogen-bond donors (Lipinski definition) is 0. The molecule has 0 saturated heterocycles. The molecule has 176 valence electrons. The lowest BCUT2D eigenvalue weighted by Gasteiger charge is -2.10. The Bertz CT molecular complexity index is 2180. The molecule has 0 N–H and O–H groups in total.